The number of carbonyl (C=O) groups is 4. The van der Waals surface area contributed by atoms with E-state index >= 15 is 0 Å². The monoisotopic (exact) mass is 901 g/mol. The van der Waals surface area contributed by atoms with Crippen molar-refractivity contribution in [3.05, 3.63) is 112 Å². The second kappa shape index (κ2) is 19.3. The highest BCUT2D eigenvalue weighted by Crippen LogP contribution is 2.39. The Hall–Kier alpha value is -6.48. The van der Waals surface area contributed by atoms with Crippen LogP contribution < -0.4 is 15.4 Å². The molecule has 4 N–H and O–H groups in total. The molecule has 16 heteroatoms. The van der Waals surface area contributed by atoms with Crippen LogP contribution in [0, 0.1) is 11.8 Å². The minimum Gasteiger partial charge on any atom is -0.464 e. The fourth-order valence-electron chi connectivity index (χ4n) is 9.07. The molecule has 0 spiro atoms. The number of ether oxygens (including phenoxy) is 2. The van der Waals surface area contributed by atoms with Crippen LogP contribution in [0.2, 0.25) is 5.02 Å². The van der Waals surface area contributed by atoms with E-state index < -0.39 is 24.4 Å². The number of amides is 4. The van der Waals surface area contributed by atoms with E-state index in [9.17, 15) is 19.2 Å². The molecule has 4 amide bonds. The molecule has 65 heavy (non-hydrogen) atoms. The number of likely N-dealkylation sites (tertiary alicyclic amines) is 2. The van der Waals surface area contributed by atoms with Gasteiger partial charge in [-0.05, 0) is 72.9 Å². The third-order valence-electron chi connectivity index (χ3n) is 12.5. The number of aromatic nitrogens is 4. The van der Waals surface area contributed by atoms with E-state index in [4.69, 9.17) is 36.0 Å². The van der Waals surface area contributed by atoms with Crippen molar-refractivity contribution in [3.63, 3.8) is 0 Å². The molecule has 5 heterocycles. The average Bonchev–Trinajstić information content (AvgIpc) is 4.15. The molecule has 2 aromatic heterocycles. The van der Waals surface area contributed by atoms with Gasteiger partial charge in [-0.15, -0.1) is 0 Å². The first-order valence-corrected chi connectivity index (χ1v) is 22.7. The molecule has 2 fully saturated rings. The maximum atomic E-state index is 13.8. The summed E-state index contributed by atoms with van der Waals surface area (Å²) in [5.41, 5.74) is 6.71. The largest absolute Gasteiger partial charge is 0.464 e. The van der Waals surface area contributed by atoms with Gasteiger partial charge in [0.05, 0.1) is 48.7 Å². The van der Waals surface area contributed by atoms with Gasteiger partial charge in [-0.2, -0.15) is 0 Å². The number of methoxy groups -OCH3 is 1. The van der Waals surface area contributed by atoms with Gasteiger partial charge in [0.25, 0.3) is 0 Å². The van der Waals surface area contributed by atoms with Gasteiger partial charge in [0.1, 0.15) is 29.5 Å². The number of fused-ring (bicyclic) bond motifs is 1. The number of carbonyl (C=O) groups excluding carboxylic acids is 4. The van der Waals surface area contributed by atoms with Crippen molar-refractivity contribution < 1.29 is 28.7 Å². The van der Waals surface area contributed by atoms with Crippen molar-refractivity contribution in [2.24, 2.45) is 16.8 Å². The normalized spacial score (nSPS) is 19.1. The molecule has 0 bridgehead atoms. The first kappa shape index (κ1) is 45.1. The van der Waals surface area contributed by atoms with E-state index in [1.54, 1.807) is 17.3 Å². The Morgan fingerprint density at radius 1 is 0.800 bits per heavy atom. The Morgan fingerprint density at radius 2 is 1.37 bits per heavy atom. The number of rotatable bonds is 13. The molecule has 340 valence electrons. The maximum absolute atomic E-state index is 13.8. The number of aromatic amines is 2. The summed E-state index contributed by atoms with van der Waals surface area (Å²) < 4.78 is 11.4. The lowest BCUT2D eigenvalue weighted by atomic mass is 9.96. The van der Waals surface area contributed by atoms with Gasteiger partial charge in [0.2, 0.25) is 23.9 Å². The number of halogens is 1. The quantitative estimate of drug-likeness (QED) is 0.0913. The molecular weight excluding hydrogens is 846 g/mol. The van der Waals surface area contributed by atoms with Crippen LogP contribution >= 0.6 is 11.6 Å². The molecule has 3 aliphatic heterocycles. The van der Waals surface area contributed by atoms with E-state index in [1.807, 2.05) is 99.3 Å². The molecule has 2 saturated heterocycles. The van der Waals surface area contributed by atoms with E-state index in [1.165, 1.54) is 14.0 Å². The van der Waals surface area contributed by atoms with Crippen molar-refractivity contribution in [1.29, 1.82) is 0 Å². The third-order valence-corrected chi connectivity index (χ3v) is 12.9. The lowest BCUT2D eigenvalue weighted by molar-refractivity contribution is -0.138. The zero-order valence-electron chi connectivity index (χ0n) is 37.6. The van der Waals surface area contributed by atoms with Crippen molar-refractivity contribution in [2.75, 3.05) is 20.2 Å². The Balaban J connectivity index is 1.04. The summed E-state index contributed by atoms with van der Waals surface area (Å²) in [5.74, 6) is 1.32. The summed E-state index contributed by atoms with van der Waals surface area (Å²) >= 11 is 6.94. The highest BCUT2D eigenvalue weighted by molar-refractivity contribution is 6.31. The molecular formula is C49H56ClN9O6. The fraction of sp³-hybridized carbons (Fsp3) is 0.408. The first-order valence-electron chi connectivity index (χ1n) is 22.3. The molecule has 3 aromatic carbocycles. The zero-order valence-corrected chi connectivity index (χ0v) is 38.3. The van der Waals surface area contributed by atoms with Crippen molar-refractivity contribution in [3.8, 4) is 28.3 Å². The van der Waals surface area contributed by atoms with Crippen LogP contribution in [-0.2, 0) is 25.5 Å². The summed E-state index contributed by atoms with van der Waals surface area (Å²) in [5, 5.41) is 6.14. The second-order valence-corrected chi connectivity index (χ2v) is 18.1. The molecule has 0 saturated carbocycles. The Morgan fingerprint density at radius 3 is 1.94 bits per heavy atom. The number of nitrogens with zero attached hydrogens (tertiary/aromatic N) is 5. The maximum Gasteiger partial charge on any atom is 0.407 e. The van der Waals surface area contributed by atoms with Gasteiger partial charge in [-0.3, -0.25) is 14.4 Å². The van der Waals surface area contributed by atoms with E-state index in [-0.39, 0.29) is 41.6 Å². The SMILES string of the molecule is COC(=O)N[C@H](C(=O)N1CCC[C@H]1c1ncc(-c2ccc(Cl)c(CC3=NC(c4ccccc4)Oc4cc(-c5cnc(C6CCCN6C(=O)[C@@H](NC(C)=O)C(C)C)[nH]5)ccc43)c2)[nH]1)C(C)C. The van der Waals surface area contributed by atoms with Gasteiger partial charge >= 0.3 is 6.09 Å². The van der Waals surface area contributed by atoms with Gasteiger partial charge < -0.3 is 39.9 Å². The van der Waals surface area contributed by atoms with Crippen LogP contribution in [0.3, 0.4) is 0 Å². The van der Waals surface area contributed by atoms with Crippen LogP contribution in [0.15, 0.2) is 84.1 Å². The summed E-state index contributed by atoms with van der Waals surface area (Å²) in [4.78, 5) is 76.8. The number of hydrogen-bond acceptors (Lipinski definition) is 9. The minimum absolute atomic E-state index is 0.0652. The second-order valence-electron chi connectivity index (χ2n) is 17.7. The predicted molar refractivity (Wildman–Crippen MR) is 247 cm³/mol. The van der Waals surface area contributed by atoms with Gasteiger partial charge in [0, 0.05) is 48.1 Å². The number of nitrogens with one attached hydrogen (secondary N) is 4. The summed E-state index contributed by atoms with van der Waals surface area (Å²) in [6.07, 6.45) is 5.88. The molecule has 0 radical (unpaired) electrons. The van der Waals surface area contributed by atoms with Gasteiger partial charge in [0.15, 0.2) is 0 Å². The topological polar surface area (TPSA) is 187 Å². The summed E-state index contributed by atoms with van der Waals surface area (Å²) in [6, 6.07) is 19.9. The lowest BCUT2D eigenvalue weighted by Gasteiger charge is -2.30. The van der Waals surface area contributed by atoms with Crippen LogP contribution in [0.4, 0.5) is 4.79 Å². The predicted octanol–water partition coefficient (Wildman–Crippen LogP) is 8.11. The van der Waals surface area contributed by atoms with E-state index in [0.29, 0.717) is 41.9 Å². The minimum atomic E-state index is -0.728. The van der Waals surface area contributed by atoms with Crippen molar-refractivity contribution in [1.82, 2.24) is 40.4 Å². The summed E-state index contributed by atoms with van der Waals surface area (Å²) in [6.45, 7) is 10.2. The average molecular weight is 902 g/mol. The molecule has 15 nitrogen and oxygen atoms in total. The Bertz CT molecular complexity index is 2590. The Labute approximate surface area is 383 Å². The van der Waals surface area contributed by atoms with E-state index in [0.717, 1.165) is 70.6 Å². The number of H-pyrrole nitrogens is 2. The van der Waals surface area contributed by atoms with Crippen molar-refractivity contribution >= 4 is 41.1 Å². The third kappa shape index (κ3) is 9.65. The van der Waals surface area contributed by atoms with Gasteiger partial charge in [-0.1, -0.05) is 81.8 Å². The number of benzene rings is 3. The molecule has 5 atom stereocenters. The van der Waals surface area contributed by atoms with Crippen LogP contribution in [0.5, 0.6) is 5.75 Å². The summed E-state index contributed by atoms with van der Waals surface area (Å²) in [7, 11) is 1.28. The fourth-order valence-corrected chi connectivity index (χ4v) is 9.25. The highest BCUT2D eigenvalue weighted by atomic mass is 35.5. The number of aliphatic imine (C=N–C) groups is 1. The first-order chi connectivity index (χ1) is 31.3. The highest BCUT2D eigenvalue weighted by Gasteiger charge is 2.39. The standard InChI is InChI=1S/C49H56ClN9O6/c1-27(2)42(53-29(5)60)47(61)58-20-10-14-39(58)45-52-26-38(55-45)32-16-18-34-36(56-46(65-41(34)24-32)30-12-8-7-9-13-30)23-33-22-31(17-19-35(33)50)37-25-51-44(54-37)40-15-11-21-59(40)48(62)43(28(3)4)57-49(63)64-6/h7-9,12-13,16-19,22,24-28,39-40,42-43,46H,10-11,14-15,20-21,23H2,1-6H3,(H,51,54)(H,52,55)(H,53,60)(H,57,63)/t39?,40-,42-,43-,46?/m0/s1. The zero-order chi connectivity index (χ0) is 45.9. The van der Waals surface area contributed by atoms with Crippen molar-refractivity contribution in [2.45, 2.75) is 97.1 Å². The Kier molecular flexibility index (Phi) is 13.4. The number of imidazole rings is 2. The molecule has 5 aromatic rings. The number of alkyl carbamates (subject to hydrolysis) is 1. The van der Waals surface area contributed by atoms with Crippen LogP contribution in [0.25, 0.3) is 22.5 Å². The molecule has 2 unspecified atom stereocenters. The molecule has 3 aliphatic rings. The lowest BCUT2D eigenvalue weighted by Crippen LogP contribution is -2.51. The molecule has 0 aliphatic carbocycles. The van der Waals surface area contributed by atoms with Gasteiger partial charge in [-0.25, -0.2) is 19.8 Å². The van der Waals surface area contributed by atoms with E-state index in [2.05, 4.69) is 20.6 Å². The smallest absolute Gasteiger partial charge is 0.407 e. The van der Waals surface area contributed by atoms with Crippen LogP contribution in [-0.4, -0.2) is 91.5 Å². The number of hydrogen-bond donors (Lipinski definition) is 4. The van der Waals surface area contributed by atoms with Crippen LogP contribution in [0.1, 0.15) is 107 Å². The molecule has 8 rings (SSSR count).